The molecule has 1 aliphatic carbocycles. The molecule has 0 bridgehead atoms. The minimum atomic E-state index is -0.988. The molecule has 0 aromatic heterocycles. The third-order valence-electron chi connectivity index (χ3n) is 3.18. The van der Waals surface area contributed by atoms with Crippen molar-refractivity contribution in [2.75, 3.05) is 7.11 Å². The van der Waals surface area contributed by atoms with Gasteiger partial charge in [0.15, 0.2) is 0 Å². The highest BCUT2D eigenvalue weighted by Crippen LogP contribution is 2.52. The molecule has 0 saturated heterocycles. The molecule has 1 aromatic rings. The van der Waals surface area contributed by atoms with E-state index in [-0.39, 0.29) is 17.6 Å². The summed E-state index contributed by atoms with van der Waals surface area (Å²) in [6, 6.07) is 5.91. The second-order valence-electron chi connectivity index (χ2n) is 4.45. The van der Waals surface area contributed by atoms with E-state index in [0.717, 1.165) is 5.56 Å². The average molecular weight is 251 g/mol. The summed E-state index contributed by atoms with van der Waals surface area (Å²) in [6.07, 6.45) is 0.477. The number of ether oxygens (including phenoxy) is 1. The molecule has 1 saturated carbocycles. The molecule has 0 unspecified atom stereocenters. The number of methoxy groups -OCH3 is 1. The molecule has 0 aliphatic heterocycles. The topological polar surface area (TPSA) is 55.4 Å². The van der Waals surface area contributed by atoms with Gasteiger partial charge in [-0.25, -0.2) is 9.18 Å². The van der Waals surface area contributed by atoms with Crippen LogP contribution in [0.4, 0.5) is 4.39 Å². The fraction of sp³-hybridized carbons (Fsp3) is 0.385. The van der Waals surface area contributed by atoms with Gasteiger partial charge >= 0.3 is 5.97 Å². The molecule has 1 fully saturated rings. The number of carbonyl (C=O) groups is 2. The molecule has 0 spiro atoms. The smallest absolute Gasteiger partial charge is 0.332 e. The fourth-order valence-corrected chi connectivity index (χ4v) is 2.27. The molecule has 96 valence electrons. The van der Waals surface area contributed by atoms with Gasteiger partial charge in [-0.1, -0.05) is 12.1 Å². The summed E-state index contributed by atoms with van der Waals surface area (Å²) in [4.78, 5) is 22.9. The molecule has 0 heterocycles. The van der Waals surface area contributed by atoms with Crippen LogP contribution >= 0.6 is 0 Å². The van der Waals surface area contributed by atoms with Crippen LogP contribution in [0.25, 0.3) is 0 Å². The number of benzene rings is 1. The highest BCUT2D eigenvalue weighted by atomic mass is 19.1. The first kappa shape index (κ1) is 12.5. The number of amides is 1. The van der Waals surface area contributed by atoms with E-state index in [1.165, 1.54) is 26.2 Å². The van der Waals surface area contributed by atoms with Gasteiger partial charge in [0.05, 0.1) is 7.11 Å². The third kappa shape index (κ3) is 2.08. The van der Waals surface area contributed by atoms with Crippen LogP contribution in [-0.4, -0.2) is 24.5 Å². The van der Waals surface area contributed by atoms with E-state index in [0.29, 0.717) is 6.42 Å². The van der Waals surface area contributed by atoms with E-state index >= 15 is 0 Å². The molecule has 5 heteroatoms. The Kier molecular flexibility index (Phi) is 3.07. The first-order valence-corrected chi connectivity index (χ1v) is 5.62. The molecule has 18 heavy (non-hydrogen) atoms. The van der Waals surface area contributed by atoms with E-state index in [9.17, 15) is 14.0 Å². The minimum Gasteiger partial charge on any atom is -0.467 e. The minimum absolute atomic E-state index is 0.158. The van der Waals surface area contributed by atoms with Crippen molar-refractivity contribution in [2.45, 2.75) is 24.8 Å². The van der Waals surface area contributed by atoms with Crippen LogP contribution in [0.15, 0.2) is 24.3 Å². The van der Waals surface area contributed by atoms with E-state index in [1.807, 2.05) is 0 Å². The molecule has 2 rings (SSSR count). The van der Waals surface area contributed by atoms with Crippen LogP contribution in [0.2, 0.25) is 0 Å². The summed E-state index contributed by atoms with van der Waals surface area (Å²) >= 11 is 0. The van der Waals surface area contributed by atoms with E-state index in [1.54, 1.807) is 12.1 Å². The zero-order valence-electron chi connectivity index (χ0n) is 10.2. The first-order chi connectivity index (χ1) is 8.49. The number of hydrogen-bond donors (Lipinski definition) is 1. The lowest BCUT2D eigenvalue weighted by atomic mass is 10.1. The lowest BCUT2D eigenvalue weighted by Crippen LogP contribution is -2.44. The van der Waals surface area contributed by atoms with Gasteiger partial charge in [0.1, 0.15) is 11.4 Å². The monoisotopic (exact) mass is 251 g/mol. The average Bonchev–Trinajstić information content (AvgIpc) is 3.03. The highest BCUT2D eigenvalue weighted by Gasteiger charge is 2.62. The maximum Gasteiger partial charge on any atom is 0.332 e. The Bertz CT molecular complexity index is 486. The number of esters is 1. The van der Waals surface area contributed by atoms with Gasteiger partial charge in [0.25, 0.3) is 0 Å². The van der Waals surface area contributed by atoms with Crippen molar-refractivity contribution < 1.29 is 18.7 Å². The van der Waals surface area contributed by atoms with Gasteiger partial charge in [-0.2, -0.15) is 0 Å². The van der Waals surface area contributed by atoms with Crippen LogP contribution < -0.4 is 5.32 Å². The summed E-state index contributed by atoms with van der Waals surface area (Å²) in [7, 11) is 1.28. The second kappa shape index (κ2) is 4.40. The summed E-state index contributed by atoms with van der Waals surface area (Å²) in [5, 5.41) is 2.64. The Balaban J connectivity index is 2.24. The summed E-state index contributed by atoms with van der Waals surface area (Å²) in [5.74, 6) is -1.24. The van der Waals surface area contributed by atoms with Gasteiger partial charge < -0.3 is 10.1 Å². The Hall–Kier alpha value is -1.91. The lowest BCUT2D eigenvalue weighted by Gasteiger charge is -2.16. The van der Waals surface area contributed by atoms with E-state index < -0.39 is 11.5 Å². The molecule has 1 aromatic carbocycles. The van der Waals surface area contributed by atoms with Crippen molar-refractivity contribution in [1.29, 1.82) is 0 Å². The fourth-order valence-electron chi connectivity index (χ4n) is 2.27. The largest absolute Gasteiger partial charge is 0.467 e. The molecular weight excluding hydrogens is 237 g/mol. The van der Waals surface area contributed by atoms with Crippen LogP contribution in [0.3, 0.4) is 0 Å². The molecule has 0 radical (unpaired) electrons. The Morgan fingerprint density at radius 2 is 2.00 bits per heavy atom. The molecule has 4 nitrogen and oxygen atoms in total. The van der Waals surface area contributed by atoms with Gasteiger partial charge in [0.2, 0.25) is 5.91 Å². The number of rotatable bonds is 3. The van der Waals surface area contributed by atoms with E-state index in [2.05, 4.69) is 5.32 Å². The predicted octanol–water partition coefficient (Wildman–Crippen LogP) is 1.36. The SMILES string of the molecule is COC(=O)[C@@]1(NC(C)=O)C[C@@H]1c1ccc(F)cc1. The molecule has 1 aliphatic rings. The quantitative estimate of drug-likeness (QED) is 0.825. The third-order valence-corrected chi connectivity index (χ3v) is 3.18. The standard InChI is InChI=1S/C13H14FNO3/c1-8(16)15-13(12(17)18-2)7-11(13)9-3-5-10(14)6-4-9/h3-6,11H,7H2,1-2H3,(H,15,16)/t11-,13-/m1/s1. The highest BCUT2D eigenvalue weighted by molar-refractivity contribution is 5.92. The summed E-state index contributed by atoms with van der Waals surface area (Å²) < 4.78 is 17.6. The van der Waals surface area contributed by atoms with Crippen molar-refractivity contribution in [3.63, 3.8) is 0 Å². The molecule has 1 N–H and O–H groups in total. The number of halogens is 1. The molecular formula is C13H14FNO3. The van der Waals surface area contributed by atoms with Crippen molar-refractivity contribution >= 4 is 11.9 Å². The lowest BCUT2D eigenvalue weighted by molar-refractivity contribution is -0.146. The zero-order valence-corrected chi connectivity index (χ0v) is 10.2. The summed E-state index contributed by atoms with van der Waals surface area (Å²) in [6.45, 7) is 1.35. The van der Waals surface area contributed by atoms with Crippen LogP contribution in [0.1, 0.15) is 24.8 Å². The van der Waals surface area contributed by atoms with Gasteiger partial charge in [-0.15, -0.1) is 0 Å². The van der Waals surface area contributed by atoms with Crippen LogP contribution in [0, 0.1) is 5.82 Å². The molecule has 2 atom stereocenters. The van der Waals surface area contributed by atoms with Crippen molar-refractivity contribution in [3.05, 3.63) is 35.6 Å². The first-order valence-electron chi connectivity index (χ1n) is 5.62. The maximum atomic E-state index is 12.8. The van der Waals surface area contributed by atoms with Gasteiger partial charge in [0, 0.05) is 12.8 Å². The maximum absolute atomic E-state index is 12.8. The Morgan fingerprint density at radius 1 is 1.39 bits per heavy atom. The second-order valence-corrected chi connectivity index (χ2v) is 4.45. The normalized spacial score (nSPS) is 25.4. The van der Waals surface area contributed by atoms with Crippen molar-refractivity contribution in [1.82, 2.24) is 5.32 Å². The zero-order chi connectivity index (χ0) is 13.3. The van der Waals surface area contributed by atoms with Crippen LogP contribution in [0.5, 0.6) is 0 Å². The number of nitrogens with one attached hydrogen (secondary N) is 1. The number of hydrogen-bond acceptors (Lipinski definition) is 3. The van der Waals surface area contributed by atoms with Crippen molar-refractivity contribution in [2.24, 2.45) is 0 Å². The Labute approximate surface area is 104 Å². The number of carbonyl (C=O) groups excluding carboxylic acids is 2. The Morgan fingerprint density at radius 3 is 2.50 bits per heavy atom. The van der Waals surface area contributed by atoms with E-state index in [4.69, 9.17) is 4.74 Å². The van der Waals surface area contributed by atoms with Crippen LogP contribution in [-0.2, 0) is 14.3 Å². The van der Waals surface area contributed by atoms with Crippen molar-refractivity contribution in [3.8, 4) is 0 Å². The molecule has 1 amide bonds. The predicted molar refractivity (Wildman–Crippen MR) is 62.3 cm³/mol. The van der Waals surface area contributed by atoms with Gasteiger partial charge in [-0.05, 0) is 24.1 Å². The summed E-state index contributed by atoms with van der Waals surface area (Å²) in [5.41, 5.74) is -0.172. The van der Waals surface area contributed by atoms with Gasteiger partial charge in [-0.3, -0.25) is 4.79 Å².